The van der Waals surface area contributed by atoms with Gasteiger partial charge in [0.2, 0.25) is 5.91 Å². The van der Waals surface area contributed by atoms with Gasteiger partial charge in [-0.05, 0) is 83.5 Å². The average Bonchev–Trinajstić information content (AvgIpc) is 3.37. The van der Waals surface area contributed by atoms with Crippen molar-refractivity contribution in [2.24, 2.45) is 0 Å². The summed E-state index contributed by atoms with van der Waals surface area (Å²) < 4.78 is 5.49. The van der Waals surface area contributed by atoms with Gasteiger partial charge in [-0.25, -0.2) is 0 Å². The highest BCUT2D eigenvalue weighted by Crippen LogP contribution is 2.17. The lowest BCUT2D eigenvalue weighted by atomic mass is 10.0. The van der Waals surface area contributed by atoms with Gasteiger partial charge in [-0.2, -0.15) is 0 Å². The molecule has 0 saturated heterocycles. The van der Waals surface area contributed by atoms with E-state index in [1.54, 1.807) is 0 Å². The number of ether oxygens (including phenoxy) is 1. The van der Waals surface area contributed by atoms with Crippen LogP contribution in [0.3, 0.4) is 0 Å². The number of aliphatic hydroxyl groups excluding tert-OH is 2. The van der Waals surface area contributed by atoms with E-state index >= 15 is 0 Å². The van der Waals surface area contributed by atoms with Crippen molar-refractivity contribution in [1.29, 1.82) is 0 Å². The molecule has 0 aliphatic carbocycles. The van der Waals surface area contributed by atoms with Crippen LogP contribution in [0.1, 0.15) is 341 Å². The normalized spacial score (nSPS) is 12.8. The Kier molecular flexibility index (Phi) is 59.0. The van der Waals surface area contributed by atoms with E-state index in [1.165, 1.54) is 257 Å². The summed E-state index contributed by atoms with van der Waals surface area (Å²) in [6.45, 7) is 4.94. The van der Waals surface area contributed by atoms with Crippen molar-refractivity contribution in [2.75, 3.05) is 13.2 Å². The molecule has 2 unspecified atom stereocenters. The fourth-order valence-corrected chi connectivity index (χ4v) is 9.78. The van der Waals surface area contributed by atoms with Gasteiger partial charge in [0.15, 0.2) is 0 Å². The Bertz CT molecular complexity index is 1150. The molecule has 1 amide bonds. The first-order valence-electron chi connectivity index (χ1n) is 31.7. The number of allylic oxidation sites excluding steroid dienone is 6. The molecule has 0 spiro atoms. The van der Waals surface area contributed by atoms with E-state index in [4.69, 9.17) is 4.74 Å². The number of carbonyl (C=O) groups excluding carboxylic acids is 2. The summed E-state index contributed by atoms with van der Waals surface area (Å²) in [5.74, 6) is -0.0404. The van der Waals surface area contributed by atoms with E-state index in [2.05, 4.69) is 55.6 Å². The van der Waals surface area contributed by atoms with Gasteiger partial charge in [0.25, 0.3) is 0 Å². The zero-order chi connectivity index (χ0) is 51.4. The van der Waals surface area contributed by atoms with Crippen molar-refractivity contribution >= 4 is 11.9 Å². The average molecular weight is 999 g/mol. The molecule has 0 aromatic rings. The first-order chi connectivity index (χ1) is 35.0. The molecule has 0 saturated carbocycles. The van der Waals surface area contributed by atoms with Crippen LogP contribution in [0.2, 0.25) is 0 Å². The quantitative estimate of drug-likeness (QED) is 0.0321. The Morgan fingerprint density at radius 2 is 0.704 bits per heavy atom. The Morgan fingerprint density at radius 1 is 0.394 bits per heavy atom. The zero-order valence-electron chi connectivity index (χ0n) is 47.7. The van der Waals surface area contributed by atoms with Crippen LogP contribution >= 0.6 is 0 Å². The Morgan fingerprint density at radius 3 is 1.10 bits per heavy atom. The second-order valence-corrected chi connectivity index (χ2v) is 21.7. The van der Waals surface area contributed by atoms with Gasteiger partial charge >= 0.3 is 5.97 Å². The maximum atomic E-state index is 12.5. The molecule has 0 heterocycles. The number of nitrogens with one attached hydrogen (secondary N) is 1. The van der Waals surface area contributed by atoms with Crippen molar-refractivity contribution < 1.29 is 24.5 Å². The molecule has 0 bridgehead atoms. The van der Waals surface area contributed by atoms with Crippen molar-refractivity contribution in [2.45, 2.75) is 353 Å². The summed E-state index contributed by atoms with van der Waals surface area (Å²) in [5, 5.41) is 23.3. The molecule has 0 aliphatic rings. The second kappa shape index (κ2) is 60.6. The minimum atomic E-state index is -0.669. The topological polar surface area (TPSA) is 95.9 Å². The zero-order valence-corrected chi connectivity index (χ0v) is 47.7. The van der Waals surface area contributed by atoms with E-state index in [-0.39, 0.29) is 18.5 Å². The van der Waals surface area contributed by atoms with Gasteiger partial charge in [0, 0.05) is 12.8 Å². The highest BCUT2D eigenvalue weighted by Gasteiger charge is 2.20. The predicted molar refractivity (Wildman–Crippen MR) is 310 cm³/mol. The Labute approximate surface area is 443 Å². The molecular weight excluding hydrogens is 875 g/mol. The lowest BCUT2D eigenvalue weighted by Gasteiger charge is -2.22. The molecule has 6 heteroatoms. The van der Waals surface area contributed by atoms with Gasteiger partial charge < -0.3 is 20.3 Å². The minimum absolute atomic E-state index is 0.00110. The van der Waals surface area contributed by atoms with Crippen LogP contribution in [0.5, 0.6) is 0 Å². The predicted octanol–water partition coefficient (Wildman–Crippen LogP) is 20.0. The maximum absolute atomic E-state index is 12.5. The van der Waals surface area contributed by atoms with Crippen LogP contribution in [0, 0.1) is 0 Å². The molecule has 0 radical (unpaired) electrons. The molecule has 0 rings (SSSR count). The van der Waals surface area contributed by atoms with Gasteiger partial charge in [-0.15, -0.1) is 0 Å². The van der Waals surface area contributed by atoms with Crippen molar-refractivity contribution in [1.82, 2.24) is 5.32 Å². The van der Waals surface area contributed by atoms with Crippen molar-refractivity contribution in [3.05, 3.63) is 36.5 Å². The third-order valence-corrected chi connectivity index (χ3v) is 14.7. The summed E-state index contributed by atoms with van der Waals surface area (Å²) in [5.41, 5.74) is 0. The summed E-state index contributed by atoms with van der Waals surface area (Å²) >= 11 is 0. The van der Waals surface area contributed by atoms with Crippen LogP contribution in [0.15, 0.2) is 36.5 Å². The molecule has 418 valence electrons. The highest BCUT2D eigenvalue weighted by molar-refractivity contribution is 5.76. The number of esters is 1. The molecule has 0 aromatic heterocycles. The van der Waals surface area contributed by atoms with Gasteiger partial charge in [0.1, 0.15) is 0 Å². The summed E-state index contributed by atoms with van der Waals surface area (Å²) in [6.07, 6.45) is 75.8. The molecular formula is C65H123NO5. The van der Waals surface area contributed by atoms with Gasteiger partial charge in [-0.1, -0.05) is 281 Å². The number of hydrogen-bond donors (Lipinski definition) is 3. The SMILES string of the molecule is CCCCCC/C=C\C/C=C\CCCCCCCCCC(=O)OCCCCCCCCCCCC/C=C\CCCCCCCCCC(=O)NC(CO)C(O)CCCCCCCCCCCCCCCCC. The molecule has 3 N–H and O–H groups in total. The van der Waals surface area contributed by atoms with Gasteiger partial charge in [0.05, 0.1) is 25.4 Å². The lowest BCUT2D eigenvalue weighted by Crippen LogP contribution is -2.45. The number of amides is 1. The van der Waals surface area contributed by atoms with Crippen LogP contribution in [-0.2, 0) is 14.3 Å². The number of hydrogen-bond acceptors (Lipinski definition) is 5. The van der Waals surface area contributed by atoms with E-state index in [1.807, 2.05) is 0 Å². The molecule has 0 aliphatic heterocycles. The fourth-order valence-electron chi connectivity index (χ4n) is 9.78. The van der Waals surface area contributed by atoms with Crippen LogP contribution < -0.4 is 5.32 Å². The minimum Gasteiger partial charge on any atom is -0.466 e. The largest absolute Gasteiger partial charge is 0.466 e. The lowest BCUT2D eigenvalue weighted by molar-refractivity contribution is -0.143. The molecule has 2 atom stereocenters. The smallest absolute Gasteiger partial charge is 0.305 e. The van der Waals surface area contributed by atoms with Crippen LogP contribution in [0.25, 0.3) is 0 Å². The number of carbonyl (C=O) groups is 2. The first kappa shape index (κ1) is 69.1. The maximum Gasteiger partial charge on any atom is 0.305 e. The highest BCUT2D eigenvalue weighted by atomic mass is 16.5. The van der Waals surface area contributed by atoms with E-state index in [0.717, 1.165) is 51.4 Å². The number of aliphatic hydroxyl groups is 2. The standard InChI is InChI=1S/C65H123NO5/c1-3-5-7-9-11-13-15-17-19-20-27-31-35-39-43-47-51-55-59-65(70)71-60-56-52-48-44-40-36-32-28-25-23-21-22-24-26-30-34-38-42-46-50-54-58-64(69)66-62(61-67)63(68)57-53-49-45-41-37-33-29-18-16-14-12-10-8-6-4-2/h13,15,19-20,22,24,62-63,67-68H,3-12,14,16-18,21,23,25-61H2,1-2H3,(H,66,69)/b15-13-,20-19-,24-22-. The third-order valence-electron chi connectivity index (χ3n) is 14.7. The third kappa shape index (κ3) is 57.2. The van der Waals surface area contributed by atoms with E-state index < -0.39 is 12.1 Å². The molecule has 0 fully saturated rings. The Balaban J connectivity index is 3.42. The van der Waals surface area contributed by atoms with Crippen LogP contribution in [0.4, 0.5) is 0 Å². The molecule has 0 aromatic carbocycles. The first-order valence-corrected chi connectivity index (χ1v) is 31.7. The number of unbranched alkanes of at least 4 members (excludes halogenated alkanes) is 42. The summed E-state index contributed by atoms with van der Waals surface area (Å²) in [6, 6.07) is -0.547. The van der Waals surface area contributed by atoms with E-state index in [9.17, 15) is 19.8 Å². The summed E-state index contributed by atoms with van der Waals surface area (Å²) in [4.78, 5) is 24.6. The Hall–Kier alpha value is -1.92. The second-order valence-electron chi connectivity index (χ2n) is 21.7. The van der Waals surface area contributed by atoms with E-state index in [0.29, 0.717) is 25.9 Å². The van der Waals surface area contributed by atoms with Crippen LogP contribution in [-0.4, -0.2) is 47.4 Å². The fraction of sp³-hybridized carbons (Fsp3) is 0.877. The monoisotopic (exact) mass is 998 g/mol. The van der Waals surface area contributed by atoms with Gasteiger partial charge in [-0.3, -0.25) is 9.59 Å². The van der Waals surface area contributed by atoms with Crippen molar-refractivity contribution in [3.63, 3.8) is 0 Å². The molecule has 6 nitrogen and oxygen atoms in total. The number of rotatable bonds is 59. The van der Waals surface area contributed by atoms with Crippen molar-refractivity contribution in [3.8, 4) is 0 Å². The summed E-state index contributed by atoms with van der Waals surface area (Å²) in [7, 11) is 0. The molecule has 71 heavy (non-hydrogen) atoms.